The van der Waals surface area contributed by atoms with Crippen molar-refractivity contribution in [3.05, 3.63) is 121 Å². The molecule has 1 amide bonds. The summed E-state index contributed by atoms with van der Waals surface area (Å²) >= 11 is 0. The van der Waals surface area contributed by atoms with E-state index < -0.39 is 23.8 Å². The van der Waals surface area contributed by atoms with Crippen LogP contribution in [-0.2, 0) is 11.3 Å². The van der Waals surface area contributed by atoms with Crippen molar-refractivity contribution >= 4 is 29.1 Å². The van der Waals surface area contributed by atoms with Crippen LogP contribution >= 0.6 is 7.26 Å². The molecule has 4 rings (SSSR count). The average molecular weight is 639 g/mol. The summed E-state index contributed by atoms with van der Waals surface area (Å²) < 4.78 is 6.49. The predicted octanol–water partition coefficient (Wildman–Crippen LogP) is 7.77. The summed E-state index contributed by atoms with van der Waals surface area (Å²) in [4.78, 5) is 14.3. The fourth-order valence-electron chi connectivity index (χ4n) is 7.92. The summed E-state index contributed by atoms with van der Waals surface area (Å²) in [5.41, 5.74) is -0.441. The van der Waals surface area contributed by atoms with E-state index in [0.717, 1.165) is 12.3 Å². The summed E-state index contributed by atoms with van der Waals surface area (Å²) in [6.45, 7) is 18.2. The second-order valence-electron chi connectivity index (χ2n) is 15.3. The first-order valence-electron chi connectivity index (χ1n) is 16.5. The number of nitrogens with one attached hydrogen (secondary N) is 2. The van der Waals surface area contributed by atoms with Crippen LogP contribution in [-0.4, -0.2) is 29.3 Å². The first kappa shape index (κ1) is 35.4. The number of carbonyl (C=O) groups is 1. The molecule has 0 spiro atoms. The Bertz CT molecular complexity index is 1470. The second-order valence-corrected chi connectivity index (χ2v) is 19.9. The van der Waals surface area contributed by atoms with Gasteiger partial charge in [-0.25, -0.2) is 0 Å². The van der Waals surface area contributed by atoms with Crippen molar-refractivity contribution in [2.45, 2.75) is 91.1 Å². The Hall–Kier alpha value is -3.46. The third kappa shape index (κ3) is 8.08. The normalized spacial score (nSPS) is 13.2. The number of benzene rings is 4. The van der Waals surface area contributed by atoms with Gasteiger partial charge in [-0.3, -0.25) is 0 Å². The molecule has 0 radical (unpaired) electrons. The van der Waals surface area contributed by atoms with Gasteiger partial charge in [-0.05, 0) is 7.05 Å². The van der Waals surface area contributed by atoms with Crippen LogP contribution in [0.1, 0.15) is 73.8 Å². The Kier molecular flexibility index (Phi) is 10.9. The number of hydrogen-bond donors (Lipinski definition) is 2. The molecule has 5 heteroatoms. The molecule has 4 nitrogen and oxygen atoms in total. The number of ether oxygens (including phenoxy) is 1. The summed E-state index contributed by atoms with van der Waals surface area (Å²) in [5, 5.41) is 10.5. The van der Waals surface area contributed by atoms with Crippen molar-refractivity contribution in [2.75, 3.05) is 7.05 Å². The van der Waals surface area contributed by atoms with Crippen LogP contribution in [0.3, 0.4) is 0 Å². The molecule has 0 saturated carbocycles. The Morgan fingerprint density at radius 2 is 1.13 bits per heavy atom. The topological polar surface area (TPSA) is 50.4 Å². The van der Waals surface area contributed by atoms with Crippen molar-refractivity contribution in [2.24, 2.45) is 5.41 Å². The summed E-state index contributed by atoms with van der Waals surface area (Å²) in [7, 11) is -0.720. The molecule has 0 aliphatic heterocycles. The predicted molar refractivity (Wildman–Crippen MR) is 200 cm³/mol. The zero-order valence-corrected chi connectivity index (χ0v) is 30.4. The molecule has 0 bridgehead atoms. The minimum absolute atomic E-state index is 0.0643. The second kappa shape index (κ2) is 14.1. The molecule has 0 fully saturated rings. The Balaban J connectivity index is 1.63. The van der Waals surface area contributed by atoms with Gasteiger partial charge in [-0.15, -0.1) is 0 Å². The van der Waals surface area contributed by atoms with E-state index in [9.17, 15) is 4.79 Å². The monoisotopic (exact) mass is 638 g/mol. The van der Waals surface area contributed by atoms with Crippen molar-refractivity contribution < 1.29 is 9.53 Å². The molecule has 0 unspecified atom stereocenters. The van der Waals surface area contributed by atoms with E-state index in [-0.39, 0.29) is 11.1 Å². The first-order valence-corrected chi connectivity index (χ1v) is 18.5. The molecule has 246 valence electrons. The van der Waals surface area contributed by atoms with Gasteiger partial charge in [-0.1, -0.05) is 6.07 Å². The summed E-state index contributed by atoms with van der Waals surface area (Å²) in [6, 6.07) is 41.1. The number of amides is 1. The van der Waals surface area contributed by atoms with Gasteiger partial charge in [0.1, 0.15) is 0 Å². The SMILES string of the molecule is CNCc1cccc(OC(C)(C)CC(C)(C)NC(=O)C(C)(C)CC(C)(C)[PH](c2ccccc2)(c2ccccc2)c2ccccc2)c1. The van der Waals surface area contributed by atoms with Crippen molar-refractivity contribution in [3.63, 3.8) is 0 Å². The van der Waals surface area contributed by atoms with Gasteiger partial charge in [0.05, 0.1) is 0 Å². The van der Waals surface area contributed by atoms with E-state index >= 15 is 0 Å². The van der Waals surface area contributed by atoms with Crippen molar-refractivity contribution in [1.29, 1.82) is 0 Å². The van der Waals surface area contributed by atoms with Crippen LogP contribution in [0, 0.1) is 5.41 Å². The fraction of sp³-hybridized carbons (Fsp3) is 0.390. The zero-order chi connectivity index (χ0) is 33.6. The van der Waals surface area contributed by atoms with Gasteiger partial charge >= 0.3 is 254 Å². The van der Waals surface area contributed by atoms with Crippen molar-refractivity contribution in [3.8, 4) is 5.75 Å². The minimum atomic E-state index is -2.66. The summed E-state index contributed by atoms with van der Waals surface area (Å²) in [5.74, 6) is 0.903. The van der Waals surface area contributed by atoms with Crippen LogP contribution in [0.25, 0.3) is 0 Å². The Labute approximate surface area is 278 Å². The molecular weight excluding hydrogens is 583 g/mol. The molecule has 0 atom stereocenters. The molecule has 4 aromatic carbocycles. The first-order chi connectivity index (χ1) is 21.6. The maximum atomic E-state index is 14.3. The number of rotatable bonds is 14. The number of carbonyl (C=O) groups excluding carboxylic acids is 1. The molecule has 0 aliphatic carbocycles. The molecule has 4 aromatic rings. The van der Waals surface area contributed by atoms with E-state index in [1.54, 1.807) is 0 Å². The van der Waals surface area contributed by atoms with Gasteiger partial charge in [0.15, 0.2) is 0 Å². The molecule has 0 aromatic heterocycles. The van der Waals surface area contributed by atoms with E-state index in [1.807, 2.05) is 19.2 Å². The summed E-state index contributed by atoms with van der Waals surface area (Å²) in [6.07, 6.45) is 1.36. The molecule has 0 heterocycles. The van der Waals surface area contributed by atoms with Gasteiger partial charge in [0, 0.05) is 6.54 Å². The quantitative estimate of drug-likeness (QED) is 0.139. The molecular formula is C41H55N2O2P. The van der Waals surface area contributed by atoms with Crippen molar-refractivity contribution in [1.82, 2.24) is 10.6 Å². The number of hydrogen-bond acceptors (Lipinski definition) is 3. The third-order valence-corrected chi connectivity index (χ3v) is 14.9. The molecule has 46 heavy (non-hydrogen) atoms. The molecule has 2 N–H and O–H groups in total. The van der Waals surface area contributed by atoms with Crippen LogP contribution in [0.5, 0.6) is 5.75 Å². The van der Waals surface area contributed by atoms with Crippen LogP contribution < -0.4 is 31.3 Å². The van der Waals surface area contributed by atoms with E-state index in [2.05, 4.69) is 169 Å². The van der Waals surface area contributed by atoms with E-state index in [4.69, 9.17) is 4.74 Å². The Morgan fingerprint density at radius 1 is 0.652 bits per heavy atom. The fourth-order valence-corrected chi connectivity index (χ4v) is 14.0. The zero-order valence-electron chi connectivity index (χ0n) is 29.4. The van der Waals surface area contributed by atoms with Gasteiger partial charge < -0.3 is 5.32 Å². The van der Waals surface area contributed by atoms with Crippen LogP contribution in [0.2, 0.25) is 0 Å². The van der Waals surface area contributed by atoms with E-state index in [0.29, 0.717) is 12.8 Å². The van der Waals surface area contributed by atoms with E-state index in [1.165, 1.54) is 21.5 Å². The van der Waals surface area contributed by atoms with Gasteiger partial charge in [-0.2, -0.15) is 0 Å². The van der Waals surface area contributed by atoms with Crippen LogP contribution in [0.4, 0.5) is 0 Å². The average Bonchev–Trinajstić information content (AvgIpc) is 2.98. The maximum absolute atomic E-state index is 14.3. The van der Waals surface area contributed by atoms with Gasteiger partial charge in [0.2, 0.25) is 0 Å². The Morgan fingerprint density at radius 3 is 1.59 bits per heavy atom. The molecule has 0 aliphatic rings. The van der Waals surface area contributed by atoms with Crippen LogP contribution in [0.15, 0.2) is 115 Å². The third-order valence-electron chi connectivity index (χ3n) is 9.13. The molecule has 0 saturated heterocycles. The van der Waals surface area contributed by atoms with Gasteiger partial charge in [0.25, 0.3) is 0 Å². The standard InChI is InChI=1S/C41H55N2O2P/c1-38(2,37(44)43-39(3,4)31-40(5,6)45-33-21-19-20-32(28-33)29-42-9)30-41(7,8)46(34-22-13-10-14-23-34,35-24-15-11-16-25-35)36-26-17-12-18-27-36/h10-28,42,46H,29-31H2,1-9H3,(H,43,44).